The van der Waals surface area contributed by atoms with Gasteiger partial charge in [-0.1, -0.05) is 31.0 Å². The highest BCUT2D eigenvalue weighted by atomic mass is 35.5. The first-order valence-corrected chi connectivity index (χ1v) is 8.81. The summed E-state index contributed by atoms with van der Waals surface area (Å²) in [5.74, 6) is -0.150. The Balaban J connectivity index is 0.00000182. The van der Waals surface area contributed by atoms with Crippen LogP contribution in [0.15, 0.2) is 42.6 Å². The first kappa shape index (κ1) is 18.0. The Morgan fingerprint density at radius 3 is 2.68 bits per heavy atom. The van der Waals surface area contributed by atoms with Gasteiger partial charge in [0.2, 0.25) is 0 Å². The molecular weight excluding hydrogens is 338 g/mol. The van der Waals surface area contributed by atoms with E-state index in [0.29, 0.717) is 18.5 Å². The van der Waals surface area contributed by atoms with Gasteiger partial charge < -0.3 is 5.11 Å². The van der Waals surface area contributed by atoms with Crippen LogP contribution < -0.4 is 0 Å². The molecule has 2 heterocycles. The molecule has 1 aromatic carbocycles. The topological polar surface area (TPSA) is 58.4 Å². The van der Waals surface area contributed by atoms with E-state index in [1.165, 1.54) is 19.3 Å². The van der Waals surface area contributed by atoms with Crippen molar-refractivity contribution in [3.8, 4) is 5.69 Å². The number of nitrogens with zero attached hydrogens (tertiary/aromatic N) is 3. The number of carboxylic acids is 1. The maximum Gasteiger partial charge on any atom is 0.320 e. The van der Waals surface area contributed by atoms with Crippen molar-refractivity contribution in [2.24, 2.45) is 5.92 Å². The van der Waals surface area contributed by atoms with Gasteiger partial charge in [0.15, 0.2) is 0 Å². The molecule has 1 saturated heterocycles. The van der Waals surface area contributed by atoms with Crippen LogP contribution in [-0.4, -0.2) is 37.8 Å². The standard InChI is InChI=1S/C19H23N3O2.ClH/c23-19(24)18-12-14-6-4-5-9-17(14)21(18)13-15-10-11-22(20-15)16-7-2-1-3-8-16;/h1-3,7-8,10-11,14,17-18H,4-6,9,12-13H2,(H,23,24);1H. The fraction of sp³-hybridized carbons (Fsp3) is 0.474. The van der Waals surface area contributed by atoms with Gasteiger partial charge >= 0.3 is 5.97 Å². The van der Waals surface area contributed by atoms with E-state index >= 15 is 0 Å². The van der Waals surface area contributed by atoms with Crippen LogP contribution in [0.3, 0.4) is 0 Å². The third-order valence-electron chi connectivity index (χ3n) is 5.52. The van der Waals surface area contributed by atoms with Crippen LogP contribution >= 0.6 is 12.4 Å². The molecule has 1 aromatic heterocycles. The normalized spacial score (nSPS) is 26.0. The van der Waals surface area contributed by atoms with Crippen LogP contribution in [0, 0.1) is 5.92 Å². The lowest BCUT2D eigenvalue weighted by atomic mass is 9.85. The summed E-state index contributed by atoms with van der Waals surface area (Å²) in [5, 5.41) is 14.3. The summed E-state index contributed by atoms with van der Waals surface area (Å²) >= 11 is 0. The second-order valence-corrected chi connectivity index (χ2v) is 6.96. The van der Waals surface area contributed by atoms with Crippen molar-refractivity contribution < 1.29 is 9.90 Å². The third kappa shape index (κ3) is 3.58. The second-order valence-electron chi connectivity index (χ2n) is 6.96. The molecule has 1 aliphatic carbocycles. The van der Waals surface area contributed by atoms with Crippen LogP contribution in [0.2, 0.25) is 0 Å². The maximum absolute atomic E-state index is 11.7. The molecule has 0 amide bonds. The summed E-state index contributed by atoms with van der Waals surface area (Å²) < 4.78 is 1.86. The van der Waals surface area contributed by atoms with E-state index < -0.39 is 5.97 Å². The first-order chi connectivity index (χ1) is 11.7. The SMILES string of the molecule is Cl.O=C(O)C1CC2CCCCC2N1Cc1ccn(-c2ccccc2)n1. The lowest BCUT2D eigenvalue weighted by Gasteiger charge is -2.32. The van der Waals surface area contributed by atoms with Crippen molar-refractivity contribution in [3.05, 3.63) is 48.3 Å². The molecule has 3 atom stereocenters. The average Bonchev–Trinajstić information content (AvgIpc) is 3.21. The number of rotatable bonds is 4. The lowest BCUT2D eigenvalue weighted by Crippen LogP contribution is -2.41. The van der Waals surface area contributed by atoms with Gasteiger partial charge in [0.25, 0.3) is 0 Å². The zero-order valence-corrected chi connectivity index (χ0v) is 14.9. The fourth-order valence-electron chi connectivity index (χ4n) is 4.38. The van der Waals surface area contributed by atoms with Crippen LogP contribution in [0.4, 0.5) is 0 Å². The minimum absolute atomic E-state index is 0. The van der Waals surface area contributed by atoms with Crippen molar-refractivity contribution in [1.29, 1.82) is 0 Å². The highest BCUT2D eigenvalue weighted by Crippen LogP contribution is 2.40. The van der Waals surface area contributed by atoms with Crippen molar-refractivity contribution >= 4 is 18.4 Å². The smallest absolute Gasteiger partial charge is 0.320 e. The molecule has 0 spiro atoms. The number of likely N-dealkylation sites (tertiary alicyclic amines) is 1. The van der Waals surface area contributed by atoms with Crippen LogP contribution in [0.25, 0.3) is 5.69 Å². The Morgan fingerprint density at radius 1 is 1.16 bits per heavy atom. The third-order valence-corrected chi connectivity index (χ3v) is 5.52. The zero-order chi connectivity index (χ0) is 16.5. The Hall–Kier alpha value is -1.85. The molecule has 134 valence electrons. The number of aromatic nitrogens is 2. The molecule has 5 nitrogen and oxygen atoms in total. The Labute approximate surface area is 154 Å². The Morgan fingerprint density at radius 2 is 1.92 bits per heavy atom. The summed E-state index contributed by atoms with van der Waals surface area (Å²) in [6.07, 6.45) is 7.48. The van der Waals surface area contributed by atoms with E-state index in [-0.39, 0.29) is 18.4 Å². The second kappa shape index (κ2) is 7.58. The lowest BCUT2D eigenvalue weighted by molar-refractivity contribution is -0.142. The molecule has 1 N–H and O–H groups in total. The molecule has 25 heavy (non-hydrogen) atoms. The van der Waals surface area contributed by atoms with Gasteiger partial charge in [0.05, 0.1) is 11.4 Å². The number of carbonyl (C=O) groups is 1. The number of carboxylic acid groups (broad SMARTS) is 1. The number of fused-ring (bicyclic) bond motifs is 1. The number of aliphatic carboxylic acids is 1. The molecule has 1 saturated carbocycles. The maximum atomic E-state index is 11.7. The summed E-state index contributed by atoms with van der Waals surface area (Å²) in [6.45, 7) is 0.623. The molecule has 6 heteroatoms. The van der Waals surface area contributed by atoms with Crippen LogP contribution in [-0.2, 0) is 11.3 Å². The summed E-state index contributed by atoms with van der Waals surface area (Å²) in [6, 6.07) is 12.0. The fourth-order valence-corrected chi connectivity index (χ4v) is 4.38. The zero-order valence-electron chi connectivity index (χ0n) is 14.1. The molecule has 2 aliphatic rings. The average molecular weight is 362 g/mol. The number of hydrogen-bond acceptors (Lipinski definition) is 3. The van der Waals surface area contributed by atoms with E-state index in [4.69, 9.17) is 0 Å². The monoisotopic (exact) mass is 361 g/mol. The molecule has 2 aromatic rings. The molecule has 2 fully saturated rings. The minimum Gasteiger partial charge on any atom is -0.480 e. The van der Waals surface area contributed by atoms with Crippen LogP contribution in [0.1, 0.15) is 37.8 Å². The van der Waals surface area contributed by atoms with E-state index in [9.17, 15) is 9.90 Å². The predicted octanol–water partition coefficient (Wildman–Crippen LogP) is 3.51. The van der Waals surface area contributed by atoms with Crippen molar-refractivity contribution in [2.45, 2.75) is 50.7 Å². The van der Waals surface area contributed by atoms with Crippen LogP contribution in [0.5, 0.6) is 0 Å². The molecular formula is C19H24ClN3O2. The number of halogens is 1. The molecule has 3 unspecified atom stereocenters. The number of para-hydroxylation sites is 1. The molecule has 0 bridgehead atoms. The van der Waals surface area contributed by atoms with Gasteiger partial charge in [0, 0.05) is 18.8 Å². The Bertz CT molecular complexity index is 718. The van der Waals surface area contributed by atoms with E-state index in [1.807, 2.05) is 47.3 Å². The van der Waals surface area contributed by atoms with Gasteiger partial charge in [-0.3, -0.25) is 9.69 Å². The number of benzene rings is 1. The molecule has 1 aliphatic heterocycles. The van der Waals surface area contributed by atoms with E-state index in [1.54, 1.807) is 0 Å². The predicted molar refractivity (Wildman–Crippen MR) is 98.1 cm³/mol. The van der Waals surface area contributed by atoms with Gasteiger partial charge in [-0.2, -0.15) is 5.10 Å². The largest absolute Gasteiger partial charge is 0.480 e. The van der Waals surface area contributed by atoms with Gasteiger partial charge in [-0.05, 0) is 43.4 Å². The van der Waals surface area contributed by atoms with Crippen molar-refractivity contribution in [1.82, 2.24) is 14.7 Å². The highest BCUT2D eigenvalue weighted by molar-refractivity contribution is 5.85. The highest BCUT2D eigenvalue weighted by Gasteiger charge is 2.45. The first-order valence-electron chi connectivity index (χ1n) is 8.81. The Kier molecular flexibility index (Phi) is 5.45. The summed E-state index contributed by atoms with van der Waals surface area (Å²) in [7, 11) is 0. The van der Waals surface area contributed by atoms with Gasteiger partial charge in [0.1, 0.15) is 6.04 Å². The summed E-state index contributed by atoms with van der Waals surface area (Å²) in [5.41, 5.74) is 1.96. The number of hydrogen-bond donors (Lipinski definition) is 1. The summed E-state index contributed by atoms with van der Waals surface area (Å²) in [4.78, 5) is 13.9. The van der Waals surface area contributed by atoms with E-state index in [2.05, 4.69) is 10.00 Å². The molecule has 0 radical (unpaired) electrons. The van der Waals surface area contributed by atoms with Gasteiger partial charge in [-0.25, -0.2) is 4.68 Å². The quantitative estimate of drug-likeness (QED) is 0.905. The minimum atomic E-state index is -0.688. The van der Waals surface area contributed by atoms with E-state index in [0.717, 1.165) is 24.2 Å². The van der Waals surface area contributed by atoms with Gasteiger partial charge in [-0.15, -0.1) is 12.4 Å². The van der Waals surface area contributed by atoms with Crippen molar-refractivity contribution in [3.63, 3.8) is 0 Å². The molecule has 4 rings (SSSR count). The van der Waals surface area contributed by atoms with Crippen molar-refractivity contribution in [2.75, 3.05) is 0 Å².